The van der Waals surface area contributed by atoms with Gasteiger partial charge in [0.2, 0.25) is 11.8 Å². The monoisotopic (exact) mass is 435 g/mol. The Kier molecular flexibility index (Phi) is 8.32. The molecule has 2 amide bonds. The summed E-state index contributed by atoms with van der Waals surface area (Å²) in [7, 11) is 4.02. The molecule has 0 spiro atoms. The van der Waals surface area contributed by atoms with Gasteiger partial charge in [0.1, 0.15) is 0 Å². The van der Waals surface area contributed by atoms with Gasteiger partial charge in [0, 0.05) is 50.4 Å². The molecule has 0 atom stereocenters. The average molecular weight is 436 g/mol. The van der Waals surface area contributed by atoms with Crippen molar-refractivity contribution < 1.29 is 9.59 Å². The summed E-state index contributed by atoms with van der Waals surface area (Å²) in [6, 6.07) is 16.2. The lowest BCUT2D eigenvalue weighted by Crippen LogP contribution is -2.35. The summed E-state index contributed by atoms with van der Waals surface area (Å²) in [5.74, 6) is 0.447. The van der Waals surface area contributed by atoms with Gasteiger partial charge in [0.25, 0.3) is 0 Å². The Morgan fingerprint density at radius 3 is 2.25 bits per heavy atom. The number of nitrogens with zero attached hydrogens (tertiary/aromatic N) is 2. The first kappa shape index (κ1) is 23.8. The van der Waals surface area contributed by atoms with Crippen molar-refractivity contribution in [3.8, 4) is 0 Å². The van der Waals surface area contributed by atoms with Crippen LogP contribution in [0.15, 0.2) is 48.5 Å². The molecule has 2 aromatic rings. The van der Waals surface area contributed by atoms with E-state index in [0.29, 0.717) is 13.1 Å². The molecular formula is C27H37N3O2. The second kappa shape index (κ2) is 11.2. The average Bonchev–Trinajstić information content (AvgIpc) is 2.73. The number of hydrogen-bond donors (Lipinski definition) is 1. The van der Waals surface area contributed by atoms with Crippen molar-refractivity contribution >= 4 is 23.2 Å². The number of nitrogens with one attached hydrogen (secondary N) is 1. The smallest absolute Gasteiger partial charge is 0.227 e. The summed E-state index contributed by atoms with van der Waals surface area (Å²) in [5, 5.41) is 3.09. The van der Waals surface area contributed by atoms with Crippen molar-refractivity contribution in [3.63, 3.8) is 0 Å². The maximum absolute atomic E-state index is 13.4. The van der Waals surface area contributed by atoms with E-state index in [1.807, 2.05) is 55.4 Å². The Labute approximate surface area is 192 Å². The van der Waals surface area contributed by atoms with Crippen LogP contribution < -0.4 is 10.2 Å². The molecular weight excluding hydrogens is 398 g/mol. The minimum Gasteiger partial charge on any atom is -0.377 e. The molecule has 0 aliphatic heterocycles. The van der Waals surface area contributed by atoms with Crippen molar-refractivity contribution in [2.24, 2.45) is 11.8 Å². The fourth-order valence-corrected chi connectivity index (χ4v) is 4.26. The van der Waals surface area contributed by atoms with Gasteiger partial charge in [-0.3, -0.25) is 9.59 Å². The molecule has 0 saturated heterocycles. The summed E-state index contributed by atoms with van der Waals surface area (Å²) in [6.45, 7) is 5.23. The van der Waals surface area contributed by atoms with Crippen molar-refractivity contribution in [2.45, 2.75) is 59.0 Å². The van der Waals surface area contributed by atoms with Crippen LogP contribution in [0.3, 0.4) is 0 Å². The largest absolute Gasteiger partial charge is 0.377 e. The summed E-state index contributed by atoms with van der Waals surface area (Å²) in [6.07, 6.45) is 4.75. The van der Waals surface area contributed by atoms with E-state index in [1.54, 1.807) is 0 Å². The molecule has 3 rings (SSSR count). The summed E-state index contributed by atoms with van der Waals surface area (Å²) >= 11 is 0. The Balaban J connectivity index is 1.88. The van der Waals surface area contributed by atoms with Gasteiger partial charge in [0.15, 0.2) is 0 Å². The molecule has 32 heavy (non-hydrogen) atoms. The first-order chi connectivity index (χ1) is 15.4. The number of amides is 2. The zero-order valence-corrected chi connectivity index (χ0v) is 19.9. The van der Waals surface area contributed by atoms with Crippen LogP contribution in [0.1, 0.15) is 57.1 Å². The van der Waals surface area contributed by atoms with E-state index < -0.39 is 0 Å². The molecule has 1 N–H and O–H groups in total. The summed E-state index contributed by atoms with van der Waals surface area (Å²) in [4.78, 5) is 29.9. The van der Waals surface area contributed by atoms with Crippen molar-refractivity contribution in [1.82, 2.24) is 4.90 Å². The van der Waals surface area contributed by atoms with E-state index in [-0.39, 0.29) is 23.7 Å². The highest BCUT2D eigenvalue weighted by molar-refractivity contribution is 5.93. The number of carbonyl (C=O) groups excluding carboxylic acids is 2. The van der Waals surface area contributed by atoms with Crippen LogP contribution >= 0.6 is 0 Å². The molecule has 2 aromatic carbocycles. The highest BCUT2D eigenvalue weighted by Gasteiger charge is 2.26. The van der Waals surface area contributed by atoms with E-state index >= 15 is 0 Å². The maximum Gasteiger partial charge on any atom is 0.227 e. The third kappa shape index (κ3) is 5.90. The Morgan fingerprint density at radius 2 is 1.69 bits per heavy atom. The lowest BCUT2D eigenvalue weighted by atomic mass is 9.85. The standard InChI is InChI=1S/C27H37N3O2/c1-5-21(6-2)27(32)30(18-20-11-8-7-9-12-20)19-23-17-24(15-16-25(23)29(3)4)28-26(31)22-13-10-14-22/h7-9,11-12,15-17,21-22H,5-6,10,13-14,18-19H2,1-4H3,(H,28,31). The van der Waals surface area contributed by atoms with Crippen molar-refractivity contribution in [3.05, 3.63) is 59.7 Å². The summed E-state index contributed by atoms with van der Waals surface area (Å²) in [5.41, 5.74) is 4.02. The Bertz CT molecular complexity index is 902. The SMILES string of the molecule is CCC(CC)C(=O)N(Cc1ccccc1)Cc1cc(NC(=O)C2CCC2)ccc1N(C)C. The fourth-order valence-electron chi connectivity index (χ4n) is 4.26. The Hall–Kier alpha value is -2.82. The second-order valence-electron chi connectivity index (χ2n) is 9.05. The van der Waals surface area contributed by atoms with Crippen molar-refractivity contribution in [1.29, 1.82) is 0 Å². The molecule has 1 aliphatic carbocycles. The van der Waals surface area contributed by atoms with Gasteiger partial charge in [0.05, 0.1) is 0 Å². The minimum atomic E-state index is 0.0167. The third-order valence-electron chi connectivity index (χ3n) is 6.53. The zero-order valence-electron chi connectivity index (χ0n) is 19.9. The van der Waals surface area contributed by atoms with E-state index in [0.717, 1.165) is 54.6 Å². The van der Waals surface area contributed by atoms with E-state index in [2.05, 4.69) is 36.2 Å². The number of carbonyl (C=O) groups is 2. The summed E-state index contributed by atoms with van der Waals surface area (Å²) < 4.78 is 0. The predicted molar refractivity (Wildman–Crippen MR) is 132 cm³/mol. The molecule has 5 heteroatoms. The molecule has 172 valence electrons. The van der Waals surface area contributed by atoms with Gasteiger partial charge >= 0.3 is 0 Å². The first-order valence-corrected chi connectivity index (χ1v) is 11.9. The molecule has 1 fully saturated rings. The molecule has 1 aliphatic rings. The lowest BCUT2D eigenvalue weighted by Gasteiger charge is -2.29. The normalized spacial score (nSPS) is 13.5. The van der Waals surface area contributed by atoms with Gasteiger partial charge < -0.3 is 15.1 Å². The fraction of sp³-hybridized carbons (Fsp3) is 0.481. The molecule has 0 heterocycles. The molecule has 0 aromatic heterocycles. The molecule has 5 nitrogen and oxygen atoms in total. The van der Waals surface area contributed by atoms with Crippen LogP contribution in [0.4, 0.5) is 11.4 Å². The number of benzene rings is 2. The van der Waals surface area contributed by atoms with E-state index in [1.165, 1.54) is 0 Å². The van der Waals surface area contributed by atoms with Gasteiger partial charge in [-0.15, -0.1) is 0 Å². The van der Waals surface area contributed by atoms with E-state index in [9.17, 15) is 9.59 Å². The van der Waals surface area contributed by atoms with Gasteiger partial charge in [-0.1, -0.05) is 50.6 Å². The molecule has 0 unspecified atom stereocenters. The third-order valence-corrected chi connectivity index (χ3v) is 6.53. The molecule has 0 bridgehead atoms. The van der Waals surface area contributed by atoms with E-state index in [4.69, 9.17) is 0 Å². The molecule has 0 radical (unpaired) electrons. The van der Waals surface area contributed by atoms with Crippen LogP contribution in [-0.4, -0.2) is 30.8 Å². The van der Waals surface area contributed by atoms with Gasteiger partial charge in [-0.2, -0.15) is 0 Å². The predicted octanol–water partition coefficient (Wildman–Crippen LogP) is 5.46. The minimum absolute atomic E-state index is 0.0167. The first-order valence-electron chi connectivity index (χ1n) is 11.9. The van der Waals surface area contributed by atoms with Gasteiger partial charge in [-0.05, 0) is 55.0 Å². The topological polar surface area (TPSA) is 52.7 Å². The highest BCUT2D eigenvalue weighted by atomic mass is 16.2. The number of anilines is 2. The molecule has 1 saturated carbocycles. The maximum atomic E-state index is 13.4. The van der Waals surface area contributed by atoms with Crippen LogP contribution in [-0.2, 0) is 22.7 Å². The lowest BCUT2D eigenvalue weighted by molar-refractivity contribution is -0.137. The second-order valence-corrected chi connectivity index (χ2v) is 9.05. The van der Waals surface area contributed by atoms with Crippen LogP contribution in [0.25, 0.3) is 0 Å². The van der Waals surface area contributed by atoms with Gasteiger partial charge in [-0.25, -0.2) is 0 Å². The van der Waals surface area contributed by atoms with Crippen LogP contribution in [0.5, 0.6) is 0 Å². The van der Waals surface area contributed by atoms with Crippen molar-refractivity contribution in [2.75, 3.05) is 24.3 Å². The quantitative estimate of drug-likeness (QED) is 0.539. The van der Waals surface area contributed by atoms with Crippen LogP contribution in [0.2, 0.25) is 0 Å². The zero-order chi connectivity index (χ0) is 23.1. The van der Waals surface area contributed by atoms with Crippen LogP contribution in [0, 0.1) is 11.8 Å². The highest BCUT2D eigenvalue weighted by Crippen LogP contribution is 2.30. The number of hydrogen-bond acceptors (Lipinski definition) is 3. The Morgan fingerprint density at radius 1 is 1.00 bits per heavy atom. The number of rotatable bonds is 10.